The maximum atomic E-state index is 9.54. The molecule has 0 amide bonds. The highest BCUT2D eigenvalue weighted by Gasteiger charge is 2.46. The quantitative estimate of drug-likeness (QED) is 0.169. The monoisotopic (exact) mass is 678 g/mol. The van der Waals surface area contributed by atoms with Crippen molar-refractivity contribution in [2.75, 3.05) is 4.90 Å². The van der Waals surface area contributed by atoms with Gasteiger partial charge in [0.1, 0.15) is 0 Å². The van der Waals surface area contributed by atoms with Gasteiger partial charge in [-0.3, -0.25) is 0 Å². The molecule has 8 aromatic carbocycles. The van der Waals surface area contributed by atoms with Crippen molar-refractivity contribution in [1.82, 2.24) is 0 Å². The average molecular weight is 679 g/mol. The molecule has 53 heavy (non-hydrogen) atoms. The van der Waals surface area contributed by atoms with E-state index in [1.165, 1.54) is 50.1 Å². The van der Waals surface area contributed by atoms with Crippen LogP contribution in [0.15, 0.2) is 200 Å². The first-order chi connectivity index (χ1) is 26.5. The molecule has 0 aromatic heterocycles. The van der Waals surface area contributed by atoms with Gasteiger partial charge in [-0.2, -0.15) is 0 Å². The fourth-order valence-electron chi connectivity index (χ4n) is 9.31. The molecule has 1 heteroatoms. The normalized spacial score (nSPS) is 14.4. The van der Waals surface area contributed by atoms with Gasteiger partial charge in [-0.05, 0) is 91.5 Å². The number of benzene rings is 8. The van der Waals surface area contributed by atoms with Gasteiger partial charge in [-0.15, -0.1) is 0 Å². The molecule has 0 fully saturated rings. The van der Waals surface area contributed by atoms with E-state index in [1.54, 1.807) is 0 Å². The zero-order chi connectivity index (χ0) is 36.4. The predicted molar refractivity (Wildman–Crippen MR) is 221 cm³/mol. The Morgan fingerprint density at radius 2 is 0.906 bits per heavy atom. The number of rotatable bonds is 6. The minimum atomic E-state index is -0.619. The number of fused-ring (bicyclic) bond motifs is 6. The lowest BCUT2D eigenvalue weighted by molar-refractivity contribution is 0.660. The zero-order valence-corrected chi connectivity index (χ0v) is 29.9. The van der Waals surface area contributed by atoms with Crippen molar-refractivity contribution in [3.8, 4) is 33.4 Å². The molecule has 0 aliphatic heterocycles. The minimum absolute atomic E-state index is 0.163. The van der Waals surface area contributed by atoms with Crippen LogP contribution < -0.4 is 4.90 Å². The van der Waals surface area contributed by atoms with Crippen LogP contribution in [0.2, 0.25) is 0 Å². The van der Waals surface area contributed by atoms with Crippen molar-refractivity contribution in [3.63, 3.8) is 0 Å². The highest BCUT2D eigenvalue weighted by Crippen LogP contribution is 2.57. The molecule has 252 valence electrons. The molecule has 0 bridgehead atoms. The van der Waals surface area contributed by atoms with E-state index < -0.39 is 5.41 Å². The third-order valence-corrected chi connectivity index (χ3v) is 11.7. The number of para-hydroxylation sites is 1. The molecular weight excluding hydrogens is 639 g/mol. The molecular formula is C52H39N. The standard InChI is InChI=1S/C52H39N/c1-51(2)46-28-13-9-25-42(46)45-33-32-40(35-49(45)51)53(50-31-16-12-24-41(50)36-18-5-3-6-19-36)39-23-17-22-38(34-39)52(37-20-7-4-8-21-37)47-29-14-10-26-43(47)44-27-11-15-30-48(44)52/h3-35H,1-2H3/i17D. The fraction of sp³-hybridized carbons (Fsp3) is 0.0769. The maximum absolute atomic E-state index is 9.54. The summed E-state index contributed by atoms with van der Waals surface area (Å²) < 4.78 is 9.54. The highest BCUT2D eigenvalue weighted by atomic mass is 15.1. The molecule has 2 aliphatic rings. The number of nitrogens with zero attached hydrogens (tertiary/aromatic N) is 1. The first-order valence-corrected chi connectivity index (χ1v) is 18.5. The molecule has 0 spiro atoms. The van der Waals surface area contributed by atoms with Crippen molar-refractivity contribution in [2.45, 2.75) is 24.7 Å². The summed E-state index contributed by atoms with van der Waals surface area (Å²) in [6, 6.07) is 70.5. The SMILES string of the molecule is [2H]c1cc(N(c2ccc3c(c2)C(C)(C)c2ccccc2-3)c2ccccc2-c2ccccc2)cc(C2(c3ccccc3)c3ccccc3-c3ccccc32)c1. The maximum Gasteiger partial charge on any atom is 0.0714 e. The van der Waals surface area contributed by atoms with Crippen LogP contribution in [0.4, 0.5) is 17.1 Å². The molecule has 0 N–H and O–H groups in total. The molecule has 8 aromatic rings. The Morgan fingerprint density at radius 3 is 1.58 bits per heavy atom. The van der Waals surface area contributed by atoms with Crippen LogP contribution in [0.5, 0.6) is 0 Å². The zero-order valence-electron chi connectivity index (χ0n) is 30.9. The number of hydrogen-bond donors (Lipinski definition) is 0. The summed E-state index contributed by atoms with van der Waals surface area (Å²) in [7, 11) is 0. The van der Waals surface area contributed by atoms with Gasteiger partial charge >= 0.3 is 0 Å². The van der Waals surface area contributed by atoms with Crippen LogP contribution in [-0.2, 0) is 10.8 Å². The summed E-state index contributed by atoms with van der Waals surface area (Å²) in [6.07, 6.45) is 0. The summed E-state index contributed by atoms with van der Waals surface area (Å²) in [6.45, 7) is 4.68. The molecule has 0 unspecified atom stereocenters. The Hall–Kier alpha value is -6.44. The molecule has 0 heterocycles. The number of anilines is 3. The fourth-order valence-corrected chi connectivity index (χ4v) is 9.31. The van der Waals surface area contributed by atoms with E-state index in [0.29, 0.717) is 6.04 Å². The Balaban J connectivity index is 1.26. The van der Waals surface area contributed by atoms with Crippen LogP contribution in [0.25, 0.3) is 33.4 Å². The van der Waals surface area contributed by atoms with E-state index in [4.69, 9.17) is 0 Å². The first-order valence-electron chi connectivity index (χ1n) is 19.0. The lowest BCUT2D eigenvalue weighted by Crippen LogP contribution is -2.28. The smallest absolute Gasteiger partial charge is 0.0714 e. The van der Waals surface area contributed by atoms with Gasteiger partial charge in [0.25, 0.3) is 0 Å². The summed E-state index contributed by atoms with van der Waals surface area (Å²) in [5.74, 6) is 0. The van der Waals surface area contributed by atoms with Gasteiger partial charge in [0.2, 0.25) is 0 Å². The summed E-state index contributed by atoms with van der Waals surface area (Å²) >= 11 is 0. The van der Waals surface area contributed by atoms with Crippen LogP contribution in [-0.4, -0.2) is 0 Å². The number of hydrogen-bond acceptors (Lipinski definition) is 1. The van der Waals surface area contributed by atoms with Crippen LogP contribution in [0.1, 0.15) is 48.6 Å². The topological polar surface area (TPSA) is 3.24 Å². The van der Waals surface area contributed by atoms with Gasteiger partial charge in [0.05, 0.1) is 12.5 Å². The van der Waals surface area contributed by atoms with Gasteiger partial charge in [0, 0.05) is 22.4 Å². The lowest BCUT2D eigenvalue weighted by Gasteiger charge is -2.35. The Morgan fingerprint density at radius 1 is 0.396 bits per heavy atom. The first kappa shape index (κ1) is 30.2. The minimum Gasteiger partial charge on any atom is -0.310 e. The molecule has 0 atom stereocenters. The van der Waals surface area contributed by atoms with E-state index in [9.17, 15) is 1.37 Å². The van der Waals surface area contributed by atoms with Crippen molar-refractivity contribution in [3.05, 3.63) is 234 Å². The predicted octanol–water partition coefficient (Wildman–Crippen LogP) is 13.5. The van der Waals surface area contributed by atoms with Crippen LogP contribution >= 0.6 is 0 Å². The van der Waals surface area contributed by atoms with Crippen LogP contribution in [0, 0.1) is 0 Å². The summed E-state index contributed by atoms with van der Waals surface area (Å²) in [4.78, 5) is 2.38. The van der Waals surface area contributed by atoms with Gasteiger partial charge < -0.3 is 4.90 Å². The molecule has 2 aliphatic carbocycles. The molecule has 1 nitrogen and oxygen atoms in total. The largest absolute Gasteiger partial charge is 0.310 e. The second-order valence-electron chi connectivity index (χ2n) is 14.8. The third-order valence-electron chi connectivity index (χ3n) is 11.7. The lowest BCUT2D eigenvalue weighted by atomic mass is 9.67. The van der Waals surface area contributed by atoms with E-state index >= 15 is 0 Å². The van der Waals surface area contributed by atoms with Crippen LogP contribution in [0.3, 0.4) is 0 Å². The Labute approximate surface area is 313 Å². The van der Waals surface area contributed by atoms with E-state index in [-0.39, 0.29) is 5.41 Å². The third kappa shape index (κ3) is 4.64. The van der Waals surface area contributed by atoms with Crippen molar-refractivity contribution < 1.29 is 1.37 Å². The molecule has 0 radical (unpaired) electrons. The Kier molecular flexibility index (Phi) is 6.88. The second kappa shape index (κ2) is 12.1. The summed E-state index contributed by atoms with van der Waals surface area (Å²) in [5.41, 5.74) is 17.0. The van der Waals surface area contributed by atoms with Gasteiger partial charge in [0.15, 0.2) is 0 Å². The van der Waals surface area contributed by atoms with Crippen molar-refractivity contribution in [2.24, 2.45) is 0 Å². The van der Waals surface area contributed by atoms with Crippen molar-refractivity contribution in [1.29, 1.82) is 0 Å². The summed E-state index contributed by atoms with van der Waals surface area (Å²) in [5, 5.41) is 0. The Bertz CT molecular complexity index is 2660. The van der Waals surface area contributed by atoms with Gasteiger partial charge in [-0.25, -0.2) is 0 Å². The second-order valence-corrected chi connectivity index (χ2v) is 14.8. The van der Waals surface area contributed by atoms with Crippen molar-refractivity contribution >= 4 is 17.1 Å². The van der Waals surface area contributed by atoms with E-state index in [2.05, 4.69) is 207 Å². The van der Waals surface area contributed by atoms with E-state index in [0.717, 1.165) is 33.8 Å². The molecule has 10 rings (SSSR count). The highest BCUT2D eigenvalue weighted by molar-refractivity contribution is 5.92. The average Bonchev–Trinajstić information content (AvgIpc) is 3.65. The van der Waals surface area contributed by atoms with E-state index in [1.807, 2.05) is 6.07 Å². The van der Waals surface area contributed by atoms with Gasteiger partial charge in [-0.1, -0.05) is 184 Å². The molecule has 0 saturated heterocycles. The molecule has 0 saturated carbocycles.